The lowest BCUT2D eigenvalue weighted by atomic mass is 9.93. The molecule has 1 aromatic rings. The first-order chi connectivity index (χ1) is 11.8. The summed E-state index contributed by atoms with van der Waals surface area (Å²) in [6, 6.07) is 8.09. The van der Waals surface area contributed by atoms with E-state index in [4.69, 9.17) is 4.74 Å². The largest absolute Gasteiger partial charge is 0.490 e. The van der Waals surface area contributed by atoms with Crippen LogP contribution in [0.4, 0.5) is 0 Å². The molecule has 0 aromatic heterocycles. The summed E-state index contributed by atoms with van der Waals surface area (Å²) in [5.41, 5.74) is 1.08. The Balaban J connectivity index is 0.00000225. The number of halogens is 1. The van der Waals surface area contributed by atoms with Crippen LogP contribution in [0.5, 0.6) is 5.75 Å². The van der Waals surface area contributed by atoms with Gasteiger partial charge in [-0.15, -0.1) is 12.4 Å². The number of amides is 1. The lowest BCUT2D eigenvalue weighted by molar-refractivity contribution is -0.121. The second-order valence-corrected chi connectivity index (χ2v) is 7.14. The Bertz CT molecular complexity index is 526. The van der Waals surface area contributed by atoms with Gasteiger partial charge in [0.1, 0.15) is 5.75 Å². The Labute approximate surface area is 157 Å². The molecule has 25 heavy (non-hydrogen) atoms. The van der Waals surface area contributed by atoms with Crippen molar-refractivity contribution in [3.8, 4) is 5.75 Å². The number of carbonyl (C=O) groups is 1. The van der Waals surface area contributed by atoms with Gasteiger partial charge in [-0.3, -0.25) is 4.79 Å². The molecule has 1 saturated carbocycles. The maximum absolute atomic E-state index is 12.1. The van der Waals surface area contributed by atoms with Crippen LogP contribution >= 0.6 is 12.4 Å². The molecule has 1 aliphatic carbocycles. The Kier molecular flexibility index (Phi) is 8.56. The normalized spacial score (nSPS) is 18.6. The fourth-order valence-corrected chi connectivity index (χ4v) is 3.74. The van der Waals surface area contributed by atoms with E-state index >= 15 is 0 Å². The summed E-state index contributed by atoms with van der Waals surface area (Å²) in [4.78, 5) is 12.1. The van der Waals surface area contributed by atoms with Crippen LogP contribution in [-0.2, 0) is 11.3 Å². The van der Waals surface area contributed by atoms with Gasteiger partial charge in [0.05, 0.1) is 6.10 Å². The highest BCUT2D eigenvalue weighted by Crippen LogP contribution is 2.26. The number of nitrogens with one attached hydrogen (secondary N) is 2. The van der Waals surface area contributed by atoms with E-state index in [2.05, 4.69) is 16.7 Å². The number of benzene rings is 1. The molecule has 1 aliphatic heterocycles. The molecule has 1 amide bonds. The van der Waals surface area contributed by atoms with Crippen molar-refractivity contribution in [3.05, 3.63) is 29.8 Å². The molecule has 2 N–H and O–H groups in total. The molecule has 0 bridgehead atoms. The van der Waals surface area contributed by atoms with E-state index in [0.29, 0.717) is 25.0 Å². The fraction of sp³-hybridized carbons (Fsp3) is 0.650. The smallest absolute Gasteiger partial charge is 0.220 e. The highest BCUT2D eigenvalue weighted by Gasteiger charge is 2.18. The van der Waals surface area contributed by atoms with E-state index in [-0.39, 0.29) is 18.3 Å². The molecular formula is C20H31ClN2O2. The number of rotatable bonds is 7. The van der Waals surface area contributed by atoms with Crippen LogP contribution in [-0.4, -0.2) is 25.1 Å². The van der Waals surface area contributed by atoms with Crippen molar-refractivity contribution in [1.82, 2.24) is 10.6 Å². The van der Waals surface area contributed by atoms with Crippen LogP contribution in [0.25, 0.3) is 0 Å². The Morgan fingerprint density at radius 3 is 2.60 bits per heavy atom. The van der Waals surface area contributed by atoms with E-state index in [1.165, 1.54) is 25.7 Å². The van der Waals surface area contributed by atoms with E-state index in [0.717, 1.165) is 43.7 Å². The minimum Gasteiger partial charge on any atom is -0.490 e. The van der Waals surface area contributed by atoms with Crippen LogP contribution < -0.4 is 15.4 Å². The van der Waals surface area contributed by atoms with Crippen molar-refractivity contribution in [1.29, 1.82) is 0 Å². The second-order valence-electron chi connectivity index (χ2n) is 7.14. The number of piperidine rings is 1. The molecule has 1 aromatic carbocycles. The van der Waals surface area contributed by atoms with Crippen molar-refractivity contribution in [2.45, 2.75) is 64.0 Å². The van der Waals surface area contributed by atoms with E-state index in [1.807, 2.05) is 18.2 Å². The zero-order chi connectivity index (χ0) is 16.6. The molecule has 0 radical (unpaired) electrons. The average molecular weight is 367 g/mol. The maximum atomic E-state index is 12.1. The van der Waals surface area contributed by atoms with Gasteiger partial charge in [0.2, 0.25) is 5.91 Å². The van der Waals surface area contributed by atoms with E-state index in [1.54, 1.807) is 0 Å². The fourth-order valence-electron chi connectivity index (χ4n) is 3.74. The lowest BCUT2D eigenvalue weighted by Crippen LogP contribution is -2.29. The van der Waals surface area contributed by atoms with Crippen LogP contribution in [0.15, 0.2) is 24.3 Å². The minimum atomic E-state index is 0. The molecule has 0 spiro atoms. The van der Waals surface area contributed by atoms with Crippen LogP contribution in [0, 0.1) is 5.92 Å². The summed E-state index contributed by atoms with van der Waals surface area (Å²) in [6.45, 7) is 2.75. The van der Waals surface area contributed by atoms with Crippen molar-refractivity contribution in [2.75, 3.05) is 13.1 Å². The van der Waals surface area contributed by atoms with Crippen molar-refractivity contribution in [3.63, 3.8) is 0 Å². The van der Waals surface area contributed by atoms with Gasteiger partial charge in [0.25, 0.3) is 0 Å². The number of ether oxygens (including phenoxy) is 1. The van der Waals surface area contributed by atoms with Gasteiger partial charge in [-0.1, -0.05) is 18.2 Å². The molecular weight excluding hydrogens is 336 g/mol. The Morgan fingerprint density at radius 2 is 1.84 bits per heavy atom. The molecule has 5 heteroatoms. The number of hydrogen-bond donors (Lipinski definition) is 2. The van der Waals surface area contributed by atoms with Gasteiger partial charge >= 0.3 is 0 Å². The summed E-state index contributed by atoms with van der Waals surface area (Å²) in [5, 5.41) is 6.44. The third-order valence-electron chi connectivity index (χ3n) is 5.28. The van der Waals surface area contributed by atoms with Crippen molar-refractivity contribution in [2.24, 2.45) is 5.92 Å². The van der Waals surface area contributed by atoms with Gasteiger partial charge in [0, 0.05) is 18.5 Å². The van der Waals surface area contributed by atoms with Crippen LogP contribution in [0.2, 0.25) is 0 Å². The second kappa shape index (κ2) is 10.7. The van der Waals surface area contributed by atoms with Crippen molar-refractivity contribution < 1.29 is 9.53 Å². The summed E-state index contributed by atoms with van der Waals surface area (Å²) < 4.78 is 6.14. The van der Waals surface area contributed by atoms with Crippen LogP contribution in [0.1, 0.15) is 56.9 Å². The minimum absolute atomic E-state index is 0. The summed E-state index contributed by atoms with van der Waals surface area (Å²) >= 11 is 0. The number of hydrogen-bond acceptors (Lipinski definition) is 3. The first-order valence-electron chi connectivity index (χ1n) is 9.53. The van der Waals surface area contributed by atoms with Gasteiger partial charge in [-0.05, 0) is 70.0 Å². The molecule has 2 fully saturated rings. The molecule has 0 unspecified atom stereocenters. The van der Waals surface area contributed by atoms with Crippen LogP contribution in [0.3, 0.4) is 0 Å². The first kappa shape index (κ1) is 20.1. The highest BCUT2D eigenvalue weighted by molar-refractivity contribution is 5.85. The first-order valence-corrected chi connectivity index (χ1v) is 9.53. The van der Waals surface area contributed by atoms with Gasteiger partial charge in [0.15, 0.2) is 0 Å². The third kappa shape index (κ3) is 6.52. The van der Waals surface area contributed by atoms with E-state index in [9.17, 15) is 4.79 Å². The maximum Gasteiger partial charge on any atom is 0.220 e. The summed E-state index contributed by atoms with van der Waals surface area (Å²) in [6.07, 6.45) is 9.22. The van der Waals surface area contributed by atoms with Gasteiger partial charge in [-0.25, -0.2) is 0 Å². The third-order valence-corrected chi connectivity index (χ3v) is 5.28. The number of carbonyl (C=O) groups excluding carboxylic acids is 1. The highest BCUT2D eigenvalue weighted by atomic mass is 35.5. The number of para-hydroxylation sites is 1. The zero-order valence-electron chi connectivity index (χ0n) is 15.0. The monoisotopic (exact) mass is 366 g/mol. The summed E-state index contributed by atoms with van der Waals surface area (Å²) in [7, 11) is 0. The molecule has 4 nitrogen and oxygen atoms in total. The molecule has 2 aliphatic rings. The predicted octanol–water partition coefficient (Wildman–Crippen LogP) is 3.83. The average Bonchev–Trinajstić information content (AvgIpc) is 3.13. The Hall–Kier alpha value is -1.26. The van der Waals surface area contributed by atoms with E-state index < -0.39 is 0 Å². The topological polar surface area (TPSA) is 50.4 Å². The van der Waals surface area contributed by atoms with Crippen molar-refractivity contribution >= 4 is 18.3 Å². The SMILES string of the molecule is Cl.O=C(CCC1CCNCC1)NCc1ccccc1OC1CCCC1. The standard InChI is InChI=1S/C20H30N2O2.ClH/c23-20(10-9-16-11-13-21-14-12-16)22-15-17-5-1-4-8-19(17)24-18-6-2-3-7-18;/h1,4-5,8,16,18,21H,2-3,6-7,9-15H2,(H,22,23);1H. The molecule has 1 heterocycles. The summed E-state index contributed by atoms with van der Waals surface area (Å²) in [5.74, 6) is 1.79. The molecule has 0 atom stereocenters. The quantitative estimate of drug-likeness (QED) is 0.771. The van der Waals surface area contributed by atoms with Gasteiger partial charge in [-0.2, -0.15) is 0 Å². The zero-order valence-corrected chi connectivity index (χ0v) is 15.8. The molecule has 1 saturated heterocycles. The molecule has 3 rings (SSSR count). The molecule has 140 valence electrons. The lowest BCUT2D eigenvalue weighted by Gasteiger charge is -2.22. The Morgan fingerprint density at radius 1 is 1.12 bits per heavy atom. The predicted molar refractivity (Wildman–Crippen MR) is 103 cm³/mol. The van der Waals surface area contributed by atoms with Gasteiger partial charge < -0.3 is 15.4 Å².